The minimum absolute atomic E-state index is 0.0359. The van der Waals surface area contributed by atoms with Gasteiger partial charge in [0.2, 0.25) is 0 Å². The lowest BCUT2D eigenvalue weighted by atomic mass is 9.87. The molecule has 0 radical (unpaired) electrons. The van der Waals surface area contributed by atoms with Crippen LogP contribution in [0.4, 0.5) is 22.0 Å². The molecule has 2 aromatic carbocycles. The molecule has 3 aromatic rings. The first-order valence-electron chi connectivity index (χ1n) is 9.34. The van der Waals surface area contributed by atoms with Gasteiger partial charge in [0, 0.05) is 20.1 Å². The monoisotopic (exact) mass is 409 g/mol. The van der Waals surface area contributed by atoms with E-state index < -0.39 is 23.2 Å². The number of nitrogens with zero attached hydrogens (tertiary/aromatic N) is 3. The molecule has 0 aliphatic carbocycles. The van der Waals surface area contributed by atoms with E-state index in [0.717, 1.165) is 23.2 Å². The molecule has 0 saturated carbocycles. The number of halogens is 5. The average Bonchev–Trinajstić information content (AvgIpc) is 3.01. The van der Waals surface area contributed by atoms with Gasteiger partial charge in [0.05, 0.1) is 22.9 Å². The fourth-order valence-electron chi connectivity index (χ4n) is 4.03. The molecule has 2 heterocycles. The van der Waals surface area contributed by atoms with E-state index in [1.165, 1.54) is 0 Å². The lowest BCUT2D eigenvalue weighted by molar-refractivity contribution is -0.137. The second kappa shape index (κ2) is 7.09. The van der Waals surface area contributed by atoms with Gasteiger partial charge in [0.15, 0.2) is 0 Å². The molecule has 1 fully saturated rings. The number of hydrogen-bond donors (Lipinski definition) is 0. The number of imidazole rings is 1. The maximum absolute atomic E-state index is 15.8. The van der Waals surface area contributed by atoms with Crippen LogP contribution < -0.4 is 0 Å². The Bertz CT molecular complexity index is 1040. The highest BCUT2D eigenvalue weighted by Crippen LogP contribution is 2.37. The number of benzene rings is 2. The van der Waals surface area contributed by atoms with Crippen LogP contribution in [0.2, 0.25) is 0 Å². The normalized spacial score (nSPS) is 21.0. The maximum Gasteiger partial charge on any atom is 0.416 e. The third-order valence-corrected chi connectivity index (χ3v) is 5.46. The van der Waals surface area contributed by atoms with Gasteiger partial charge < -0.3 is 4.57 Å². The van der Waals surface area contributed by atoms with Gasteiger partial charge in [-0.25, -0.2) is 13.8 Å². The molecule has 3 nitrogen and oxygen atoms in total. The number of piperidine rings is 1. The summed E-state index contributed by atoms with van der Waals surface area (Å²) in [4.78, 5) is 5.98. The maximum atomic E-state index is 15.8. The summed E-state index contributed by atoms with van der Waals surface area (Å²) in [6.45, 7) is 0.631. The second-order valence-electron chi connectivity index (χ2n) is 7.68. The summed E-state index contributed by atoms with van der Waals surface area (Å²) in [5.74, 6) is -0.944. The van der Waals surface area contributed by atoms with Crippen molar-refractivity contribution in [3.63, 3.8) is 0 Å². The van der Waals surface area contributed by atoms with E-state index in [1.54, 1.807) is 29.4 Å². The van der Waals surface area contributed by atoms with E-state index in [0.29, 0.717) is 31.0 Å². The van der Waals surface area contributed by atoms with Crippen LogP contribution >= 0.6 is 0 Å². The largest absolute Gasteiger partial charge is 0.416 e. The fourth-order valence-corrected chi connectivity index (χ4v) is 4.03. The highest BCUT2D eigenvalue weighted by Gasteiger charge is 2.38. The molecule has 0 spiro atoms. The third kappa shape index (κ3) is 3.99. The van der Waals surface area contributed by atoms with Gasteiger partial charge in [-0.1, -0.05) is 6.07 Å². The Hall–Kier alpha value is -2.48. The van der Waals surface area contributed by atoms with Crippen LogP contribution in [-0.2, 0) is 25.4 Å². The summed E-state index contributed by atoms with van der Waals surface area (Å²) in [7, 11) is 1.83. The Morgan fingerprint density at radius 1 is 1.14 bits per heavy atom. The molecule has 29 heavy (non-hydrogen) atoms. The summed E-state index contributed by atoms with van der Waals surface area (Å²) < 4.78 is 70.2. The van der Waals surface area contributed by atoms with Crippen molar-refractivity contribution in [3.05, 3.63) is 65.2 Å². The zero-order valence-corrected chi connectivity index (χ0v) is 15.8. The number of fused-ring (bicyclic) bond motifs is 1. The molecule has 8 heteroatoms. The molecular formula is C21H20F5N3. The number of alkyl halides is 4. The van der Waals surface area contributed by atoms with Crippen LogP contribution in [0.3, 0.4) is 0 Å². The van der Waals surface area contributed by atoms with Gasteiger partial charge in [0.25, 0.3) is 0 Å². The van der Waals surface area contributed by atoms with Crippen LogP contribution in [0.15, 0.2) is 42.7 Å². The smallest absolute Gasteiger partial charge is 0.334 e. The molecule has 0 unspecified atom stereocenters. The predicted octanol–water partition coefficient (Wildman–Crippen LogP) is 5.19. The molecule has 1 saturated heterocycles. The first kappa shape index (κ1) is 19.8. The van der Waals surface area contributed by atoms with E-state index in [9.17, 15) is 17.6 Å². The van der Waals surface area contributed by atoms with Crippen molar-refractivity contribution in [1.82, 2.24) is 14.5 Å². The highest BCUT2D eigenvalue weighted by atomic mass is 19.4. The van der Waals surface area contributed by atoms with Gasteiger partial charge in [-0.15, -0.1) is 0 Å². The van der Waals surface area contributed by atoms with Gasteiger partial charge >= 0.3 is 6.18 Å². The van der Waals surface area contributed by atoms with Crippen molar-refractivity contribution in [3.8, 4) is 0 Å². The molecule has 1 atom stereocenters. The summed E-state index contributed by atoms with van der Waals surface area (Å²) in [5.41, 5.74) is -0.366. The van der Waals surface area contributed by atoms with Crippen LogP contribution in [0.1, 0.15) is 29.5 Å². The molecule has 1 aliphatic heterocycles. The summed E-state index contributed by atoms with van der Waals surface area (Å²) in [6.07, 6.45) is -2.08. The Kier molecular flexibility index (Phi) is 4.85. The van der Waals surface area contributed by atoms with E-state index in [1.807, 2.05) is 11.6 Å². The Labute approximate surface area is 164 Å². The molecule has 1 aromatic heterocycles. The SMILES string of the molecule is Cn1cnc2ccc([C@@]3(F)CCCN(Cc4cc(F)cc(C(F)(F)F)c4)C3)cc21. The zero-order chi connectivity index (χ0) is 20.8. The van der Waals surface area contributed by atoms with E-state index in [-0.39, 0.29) is 18.7 Å². The minimum Gasteiger partial charge on any atom is -0.334 e. The quantitative estimate of drug-likeness (QED) is 0.555. The topological polar surface area (TPSA) is 21.1 Å². The first-order valence-corrected chi connectivity index (χ1v) is 9.34. The van der Waals surface area contributed by atoms with Gasteiger partial charge in [-0.05, 0) is 60.8 Å². The summed E-state index contributed by atoms with van der Waals surface area (Å²) >= 11 is 0. The van der Waals surface area contributed by atoms with Crippen LogP contribution in [0, 0.1) is 5.82 Å². The molecule has 0 amide bonds. The molecular weight excluding hydrogens is 389 g/mol. The molecule has 0 N–H and O–H groups in total. The minimum atomic E-state index is -4.62. The van der Waals surface area contributed by atoms with Crippen LogP contribution in [0.25, 0.3) is 11.0 Å². The lowest BCUT2D eigenvalue weighted by Crippen LogP contribution is -2.43. The Morgan fingerprint density at radius 2 is 1.93 bits per heavy atom. The van der Waals surface area contributed by atoms with Gasteiger partial charge in [0.1, 0.15) is 11.5 Å². The lowest BCUT2D eigenvalue weighted by Gasteiger charge is -2.38. The van der Waals surface area contributed by atoms with E-state index in [4.69, 9.17) is 0 Å². The van der Waals surface area contributed by atoms with Crippen molar-refractivity contribution in [2.75, 3.05) is 13.1 Å². The number of aryl methyl sites for hydroxylation is 1. The third-order valence-electron chi connectivity index (χ3n) is 5.46. The first-order chi connectivity index (χ1) is 13.6. The summed E-state index contributed by atoms with van der Waals surface area (Å²) in [5, 5.41) is 0. The average molecular weight is 409 g/mol. The number of aromatic nitrogens is 2. The van der Waals surface area contributed by atoms with Crippen molar-refractivity contribution >= 4 is 11.0 Å². The second-order valence-corrected chi connectivity index (χ2v) is 7.68. The fraction of sp³-hybridized carbons (Fsp3) is 0.381. The van der Waals surface area contributed by atoms with Crippen molar-refractivity contribution in [2.24, 2.45) is 7.05 Å². The molecule has 154 valence electrons. The molecule has 0 bridgehead atoms. The van der Waals surface area contributed by atoms with Crippen LogP contribution in [0.5, 0.6) is 0 Å². The Morgan fingerprint density at radius 3 is 2.69 bits per heavy atom. The van der Waals surface area contributed by atoms with E-state index in [2.05, 4.69) is 4.98 Å². The van der Waals surface area contributed by atoms with E-state index >= 15 is 4.39 Å². The number of hydrogen-bond acceptors (Lipinski definition) is 2. The molecule has 1 aliphatic rings. The predicted molar refractivity (Wildman–Crippen MR) is 99.4 cm³/mol. The van der Waals surface area contributed by atoms with Crippen molar-refractivity contribution < 1.29 is 22.0 Å². The van der Waals surface area contributed by atoms with Gasteiger partial charge in [-0.2, -0.15) is 13.2 Å². The number of rotatable bonds is 3. The summed E-state index contributed by atoms with van der Waals surface area (Å²) in [6, 6.07) is 7.73. The van der Waals surface area contributed by atoms with Crippen molar-refractivity contribution in [2.45, 2.75) is 31.2 Å². The van der Waals surface area contributed by atoms with Crippen molar-refractivity contribution in [1.29, 1.82) is 0 Å². The number of likely N-dealkylation sites (tertiary alicyclic amines) is 1. The zero-order valence-electron chi connectivity index (χ0n) is 15.8. The van der Waals surface area contributed by atoms with Gasteiger partial charge in [-0.3, -0.25) is 4.90 Å². The molecule has 4 rings (SSSR count). The standard InChI is InChI=1S/C21H20F5N3/c1-28-13-27-18-4-3-15(10-19(18)28)20(23)5-2-6-29(12-20)11-14-7-16(21(24,25)26)9-17(22)8-14/h3-4,7-10,13H,2,5-6,11-12H2,1H3/t20-/m1/s1. The highest BCUT2D eigenvalue weighted by molar-refractivity contribution is 5.76. The van der Waals surface area contributed by atoms with Crippen LogP contribution in [-0.4, -0.2) is 27.5 Å². The Balaban J connectivity index is 1.58.